The van der Waals surface area contributed by atoms with Gasteiger partial charge in [0.05, 0.1) is 0 Å². The summed E-state index contributed by atoms with van der Waals surface area (Å²) in [6.45, 7) is 6.66. The van der Waals surface area contributed by atoms with Gasteiger partial charge in [-0.3, -0.25) is 4.79 Å². The number of carbonyl (C=O) groups is 1. The van der Waals surface area contributed by atoms with E-state index in [0.717, 1.165) is 17.0 Å². The van der Waals surface area contributed by atoms with Crippen LogP contribution in [0.3, 0.4) is 0 Å². The maximum atomic E-state index is 12.3. The Bertz CT molecular complexity index is 608. The van der Waals surface area contributed by atoms with Gasteiger partial charge in [-0.05, 0) is 44.5 Å². The molecule has 0 aliphatic carbocycles. The van der Waals surface area contributed by atoms with Gasteiger partial charge in [0.25, 0.3) is 5.91 Å². The van der Waals surface area contributed by atoms with Gasteiger partial charge in [-0.2, -0.15) is 0 Å². The highest BCUT2D eigenvalue weighted by Gasteiger charge is 2.14. The second-order valence-electron chi connectivity index (χ2n) is 5.03. The number of rotatable bonds is 5. The first-order valence-electron chi connectivity index (χ1n) is 7.17. The summed E-state index contributed by atoms with van der Waals surface area (Å²) in [6, 6.07) is 15.6. The lowest BCUT2D eigenvalue weighted by Gasteiger charge is -2.21. The molecule has 110 valence electrons. The van der Waals surface area contributed by atoms with Gasteiger partial charge in [-0.25, -0.2) is 0 Å². The molecule has 0 unspecified atom stereocenters. The summed E-state index contributed by atoms with van der Waals surface area (Å²) in [7, 11) is 0. The van der Waals surface area contributed by atoms with Gasteiger partial charge in [0, 0.05) is 12.2 Å². The first kappa shape index (κ1) is 15.1. The van der Waals surface area contributed by atoms with Crippen molar-refractivity contribution in [2.75, 3.05) is 18.1 Å². The summed E-state index contributed by atoms with van der Waals surface area (Å²) >= 11 is 0. The van der Waals surface area contributed by atoms with E-state index < -0.39 is 0 Å². The Labute approximate surface area is 126 Å². The summed E-state index contributed by atoms with van der Waals surface area (Å²) in [6.07, 6.45) is 0. The number of hydrogen-bond donors (Lipinski definition) is 0. The molecule has 21 heavy (non-hydrogen) atoms. The first-order chi connectivity index (χ1) is 10.1. The summed E-state index contributed by atoms with van der Waals surface area (Å²) < 4.78 is 5.67. The van der Waals surface area contributed by atoms with Gasteiger partial charge in [0.15, 0.2) is 6.61 Å². The number of likely N-dealkylation sites (N-methyl/N-ethyl adjacent to an activating group) is 1. The molecular formula is C18H21NO2. The van der Waals surface area contributed by atoms with Gasteiger partial charge >= 0.3 is 0 Å². The van der Waals surface area contributed by atoms with E-state index in [1.165, 1.54) is 5.56 Å². The smallest absolute Gasteiger partial charge is 0.264 e. The summed E-state index contributed by atoms with van der Waals surface area (Å²) in [4.78, 5) is 14.1. The SMILES string of the molecule is CCN(C(=O)COc1ccc(C)cc1C)c1ccccc1. The highest BCUT2D eigenvalue weighted by Crippen LogP contribution is 2.19. The van der Waals surface area contributed by atoms with Crippen LogP contribution in [0.1, 0.15) is 18.1 Å². The van der Waals surface area contributed by atoms with Crippen LogP contribution in [0, 0.1) is 13.8 Å². The van der Waals surface area contributed by atoms with Crippen molar-refractivity contribution in [3.05, 3.63) is 59.7 Å². The van der Waals surface area contributed by atoms with E-state index in [1.807, 2.05) is 63.2 Å². The van der Waals surface area contributed by atoms with Crippen LogP contribution >= 0.6 is 0 Å². The van der Waals surface area contributed by atoms with Crippen molar-refractivity contribution in [2.45, 2.75) is 20.8 Å². The number of amides is 1. The Kier molecular flexibility index (Phi) is 4.99. The zero-order valence-corrected chi connectivity index (χ0v) is 12.8. The Balaban J connectivity index is 2.03. The van der Waals surface area contributed by atoms with Gasteiger partial charge in [0.1, 0.15) is 5.75 Å². The molecule has 0 saturated carbocycles. The lowest BCUT2D eigenvalue weighted by molar-refractivity contribution is -0.120. The maximum Gasteiger partial charge on any atom is 0.264 e. The van der Waals surface area contributed by atoms with Crippen molar-refractivity contribution in [3.8, 4) is 5.75 Å². The molecule has 0 saturated heterocycles. The molecule has 0 radical (unpaired) electrons. The quantitative estimate of drug-likeness (QED) is 0.836. The molecular weight excluding hydrogens is 262 g/mol. The molecule has 0 aromatic heterocycles. The van der Waals surface area contributed by atoms with Gasteiger partial charge < -0.3 is 9.64 Å². The molecule has 0 N–H and O–H groups in total. The molecule has 2 rings (SSSR count). The van der Waals surface area contributed by atoms with Gasteiger partial charge in [-0.15, -0.1) is 0 Å². The van der Waals surface area contributed by atoms with Crippen LogP contribution in [0.25, 0.3) is 0 Å². The number of nitrogens with zero attached hydrogens (tertiary/aromatic N) is 1. The van der Waals surface area contributed by atoms with Crippen LogP contribution in [0.15, 0.2) is 48.5 Å². The van der Waals surface area contributed by atoms with Crippen molar-refractivity contribution in [3.63, 3.8) is 0 Å². The van der Waals surface area contributed by atoms with E-state index in [1.54, 1.807) is 4.90 Å². The van der Waals surface area contributed by atoms with Crippen LogP contribution in [-0.2, 0) is 4.79 Å². The monoisotopic (exact) mass is 283 g/mol. The van der Waals surface area contributed by atoms with Crippen molar-refractivity contribution in [1.29, 1.82) is 0 Å². The van der Waals surface area contributed by atoms with E-state index >= 15 is 0 Å². The minimum atomic E-state index is -0.0383. The van der Waals surface area contributed by atoms with Crippen LogP contribution < -0.4 is 9.64 Å². The highest BCUT2D eigenvalue weighted by molar-refractivity contribution is 5.94. The van der Waals surface area contributed by atoms with Gasteiger partial charge in [-0.1, -0.05) is 35.9 Å². The Morgan fingerprint density at radius 2 is 1.81 bits per heavy atom. The number of ether oxygens (including phenoxy) is 1. The average molecular weight is 283 g/mol. The van der Waals surface area contributed by atoms with Crippen molar-refractivity contribution in [1.82, 2.24) is 0 Å². The molecule has 0 bridgehead atoms. The van der Waals surface area contributed by atoms with Crippen LogP contribution in [0.2, 0.25) is 0 Å². The number of anilines is 1. The Hall–Kier alpha value is -2.29. The number of para-hydroxylation sites is 1. The molecule has 3 nitrogen and oxygen atoms in total. The number of aryl methyl sites for hydroxylation is 2. The fourth-order valence-corrected chi connectivity index (χ4v) is 2.29. The molecule has 2 aromatic carbocycles. The second kappa shape index (κ2) is 6.93. The van der Waals surface area contributed by atoms with Gasteiger partial charge in [0.2, 0.25) is 0 Å². The van der Waals surface area contributed by atoms with Crippen LogP contribution in [0.4, 0.5) is 5.69 Å². The lowest BCUT2D eigenvalue weighted by atomic mass is 10.1. The van der Waals surface area contributed by atoms with Crippen molar-refractivity contribution < 1.29 is 9.53 Å². The molecule has 0 fully saturated rings. The molecule has 0 heterocycles. The minimum absolute atomic E-state index is 0.0383. The average Bonchev–Trinajstić information content (AvgIpc) is 2.48. The predicted octanol–water partition coefficient (Wildman–Crippen LogP) is 3.74. The molecule has 0 aliphatic rings. The number of benzene rings is 2. The van der Waals surface area contributed by atoms with E-state index in [2.05, 4.69) is 6.07 Å². The molecule has 0 spiro atoms. The zero-order chi connectivity index (χ0) is 15.2. The molecule has 0 aliphatic heterocycles. The molecule has 3 heteroatoms. The lowest BCUT2D eigenvalue weighted by Crippen LogP contribution is -2.34. The molecule has 1 amide bonds. The standard InChI is InChI=1S/C18H21NO2/c1-4-19(16-8-6-5-7-9-16)18(20)13-21-17-11-10-14(2)12-15(17)3/h5-12H,4,13H2,1-3H3. The molecule has 0 atom stereocenters. The van der Waals surface area contributed by atoms with E-state index in [4.69, 9.17) is 4.74 Å². The third-order valence-electron chi connectivity index (χ3n) is 3.37. The fourth-order valence-electron chi connectivity index (χ4n) is 2.29. The second-order valence-corrected chi connectivity index (χ2v) is 5.03. The third kappa shape index (κ3) is 3.85. The van der Waals surface area contributed by atoms with E-state index in [9.17, 15) is 4.79 Å². The van der Waals surface area contributed by atoms with Crippen molar-refractivity contribution >= 4 is 11.6 Å². The molecule has 2 aromatic rings. The third-order valence-corrected chi connectivity index (χ3v) is 3.37. The van der Waals surface area contributed by atoms with E-state index in [-0.39, 0.29) is 12.5 Å². The predicted molar refractivity (Wildman–Crippen MR) is 85.9 cm³/mol. The normalized spacial score (nSPS) is 10.2. The van der Waals surface area contributed by atoms with Crippen LogP contribution in [-0.4, -0.2) is 19.1 Å². The largest absolute Gasteiger partial charge is 0.483 e. The Morgan fingerprint density at radius 1 is 1.10 bits per heavy atom. The minimum Gasteiger partial charge on any atom is -0.483 e. The van der Waals surface area contributed by atoms with Crippen LogP contribution in [0.5, 0.6) is 5.75 Å². The number of carbonyl (C=O) groups excluding carboxylic acids is 1. The summed E-state index contributed by atoms with van der Waals surface area (Å²) in [5.74, 6) is 0.724. The van der Waals surface area contributed by atoms with Crippen molar-refractivity contribution in [2.24, 2.45) is 0 Å². The fraction of sp³-hybridized carbons (Fsp3) is 0.278. The zero-order valence-electron chi connectivity index (χ0n) is 12.8. The number of hydrogen-bond acceptors (Lipinski definition) is 2. The highest BCUT2D eigenvalue weighted by atomic mass is 16.5. The summed E-state index contributed by atoms with van der Waals surface area (Å²) in [5, 5.41) is 0. The topological polar surface area (TPSA) is 29.5 Å². The first-order valence-corrected chi connectivity index (χ1v) is 7.17. The maximum absolute atomic E-state index is 12.3. The van der Waals surface area contributed by atoms with E-state index in [0.29, 0.717) is 6.54 Å². The summed E-state index contributed by atoms with van der Waals surface area (Å²) in [5.41, 5.74) is 3.13. The Morgan fingerprint density at radius 3 is 2.43 bits per heavy atom.